The van der Waals surface area contributed by atoms with Crippen molar-refractivity contribution in [2.45, 2.75) is 12.8 Å². The van der Waals surface area contributed by atoms with Crippen molar-refractivity contribution in [3.8, 4) is 5.88 Å². The van der Waals surface area contributed by atoms with Crippen LogP contribution in [-0.4, -0.2) is 34.8 Å². The lowest BCUT2D eigenvalue weighted by atomic mass is 9.95. The molecule has 0 aliphatic carbocycles. The Kier molecular flexibility index (Phi) is 4.99. The fourth-order valence-corrected chi connectivity index (χ4v) is 4.81. The number of aromatic nitrogens is 1. The Bertz CT molecular complexity index is 1230. The lowest BCUT2D eigenvalue weighted by Crippen LogP contribution is -2.29. The summed E-state index contributed by atoms with van der Waals surface area (Å²) < 4.78 is 13.0. The molecule has 1 aromatic heterocycles. The van der Waals surface area contributed by atoms with Gasteiger partial charge < -0.3 is 15.7 Å². The first-order valence-electron chi connectivity index (χ1n) is 9.98. The molecule has 0 fully saturated rings. The van der Waals surface area contributed by atoms with Crippen molar-refractivity contribution >= 4 is 44.9 Å². The van der Waals surface area contributed by atoms with E-state index in [2.05, 4.69) is 20.6 Å². The van der Waals surface area contributed by atoms with Gasteiger partial charge in [-0.05, 0) is 42.2 Å². The van der Waals surface area contributed by atoms with Crippen LogP contribution in [0.3, 0.4) is 0 Å². The van der Waals surface area contributed by atoms with Crippen LogP contribution in [0.15, 0.2) is 53.5 Å². The third kappa shape index (κ3) is 3.70. The number of benzene rings is 2. The van der Waals surface area contributed by atoms with Gasteiger partial charge in [-0.1, -0.05) is 41.7 Å². The van der Waals surface area contributed by atoms with E-state index in [1.54, 1.807) is 12.1 Å². The van der Waals surface area contributed by atoms with E-state index in [-0.39, 0.29) is 17.6 Å². The maximum Gasteiger partial charge on any atom is 0.270 e. The van der Waals surface area contributed by atoms with Crippen molar-refractivity contribution in [3.05, 3.63) is 70.4 Å². The number of nitrogens with one attached hydrogen (secondary N) is 2. The molecule has 8 heteroatoms. The first-order valence-corrected chi connectivity index (χ1v) is 10.8. The Labute approximate surface area is 182 Å². The smallest absolute Gasteiger partial charge is 0.270 e. The van der Waals surface area contributed by atoms with Crippen LogP contribution in [0.5, 0.6) is 5.88 Å². The average molecular weight is 434 g/mol. The van der Waals surface area contributed by atoms with E-state index in [1.807, 2.05) is 24.3 Å². The van der Waals surface area contributed by atoms with Crippen molar-refractivity contribution in [3.63, 3.8) is 0 Å². The van der Waals surface area contributed by atoms with Gasteiger partial charge in [-0.3, -0.25) is 4.79 Å². The minimum absolute atomic E-state index is 0.0603. The highest BCUT2D eigenvalue weighted by atomic mass is 32.1. The van der Waals surface area contributed by atoms with Crippen molar-refractivity contribution in [2.75, 3.05) is 18.4 Å². The number of fused-ring (bicyclic) bond motifs is 3. The standard InChI is InChI=1S/C23H19FN4O2S/c24-14-7-5-13(6-8-14)9-11-26-23-28-22(30)20(31-23)16-10-12-25-21(29)19-18(16)15-3-1-2-4-17(15)27-19/h1-8,30H,9-12H2,(H,25,29)(H,26,28). The molecule has 3 aromatic rings. The third-order valence-corrected chi connectivity index (χ3v) is 6.37. The second kappa shape index (κ2) is 7.96. The normalized spacial score (nSPS) is 15.1. The number of hydrogen-bond donors (Lipinski definition) is 3. The van der Waals surface area contributed by atoms with Gasteiger partial charge in [-0.2, -0.15) is 4.98 Å². The largest absolute Gasteiger partial charge is 0.492 e. The molecule has 0 saturated carbocycles. The Morgan fingerprint density at radius 1 is 1.16 bits per heavy atom. The van der Waals surface area contributed by atoms with Gasteiger partial charge in [0.05, 0.1) is 10.6 Å². The van der Waals surface area contributed by atoms with Crippen LogP contribution in [0, 0.1) is 5.82 Å². The number of carbonyl (C=O) groups is 1. The van der Waals surface area contributed by atoms with E-state index < -0.39 is 0 Å². The predicted octanol–water partition coefficient (Wildman–Crippen LogP) is 4.16. The number of rotatable bonds is 5. The first kappa shape index (κ1) is 19.4. The van der Waals surface area contributed by atoms with Gasteiger partial charge in [0.15, 0.2) is 5.13 Å². The summed E-state index contributed by atoms with van der Waals surface area (Å²) in [5, 5.41) is 17.3. The molecule has 0 spiro atoms. The Hall–Kier alpha value is -3.52. The molecule has 156 valence electrons. The number of nitrogens with zero attached hydrogens (tertiary/aromatic N) is 2. The molecule has 0 atom stereocenters. The highest BCUT2D eigenvalue weighted by molar-refractivity contribution is 7.17. The molecule has 0 radical (unpaired) electrons. The number of carbonyl (C=O) groups excluding carboxylic acids is 1. The minimum atomic E-state index is -0.256. The highest BCUT2D eigenvalue weighted by Gasteiger charge is 2.33. The van der Waals surface area contributed by atoms with Crippen LogP contribution >= 0.6 is 11.3 Å². The molecule has 1 amide bonds. The van der Waals surface area contributed by atoms with E-state index in [4.69, 9.17) is 0 Å². The summed E-state index contributed by atoms with van der Waals surface area (Å²) in [6.07, 6.45) is 1.27. The second-order valence-corrected chi connectivity index (χ2v) is 8.31. The summed E-state index contributed by atoms with van der Waals surface area (Å²) in [5.41, 5.74) is 4.67. The average Bonchev–Trinajstić information content (AvgIpc) is 3.29. The molecule has 0 unspecified atom stereocenters. The van der Waals surface area contributed by atoms with Crippen LogP contribution < -0.4 is 10.6 Å². The van der Waals surface area contributed by atoms with E-state index in [0.29, 0.717) is 41.7 Å². The lowest BCUT2D eigenvalue weighted by molar-refractivity contribution is -0.114. The molecule has 3 N–H and O–H groups in total. The number of thiazole rings is 1. The fourth-order valence-electron chi connectivity index (χ4n) is 3.84. The zero-order valence-corrected chi connectivity index (χ0v) is 17.3. The number of halogens is 1. The number of aliphatic imine (C=N–C) groups is 1. The van der Waals surface area contributed by atoms with E-state index in [9.17, 15) is 14.3 Å². The van der Waals surface area contributed by atoms with Crippen LogP contribution in [0.25, 0.3) is 11.1 Å². The van der Waals surface area contributed by atoms with Gasteiger partial charge in [-0.25, -0.2) is 9.38 Å². The highest BCUT2D eigenvalue weighted by Crippen LogP contribution is 2.45. The van der Waals surface area contributed by atoms with Gasteiger partial charge in [0.2, 0.25) is 5.88 Å². The fraction of sp³-hybridized carbons (Fsp3) is 0.174. The van der Waals surface area contributed by atoms with Crippen LogP contribution in [-0.2, 0) is 11.2 Å². The maximum absolute atomic E-state index is 13.0. The minimum Gasteiger partial charge on any atom is -0.492 e. The van der Waals surface area contributed by atoms with Gasteiger partial charge in [-0.15, -0.1) is 0 Å². The molecule has 2 aromatic carbocycles. The molecule has 0 bridgehead atoms. The summed E-state index contributed by atoms with van der Waals surface area (Å²) in [7, 11) is 0. The topological polar surface area (TPSA) is 86.6 Å². The van der Waals surface area contributed by atoms with Gasteiger partial charge in [0.25, 0.3) is 5.91 Å². The molecular weight excluding hydrogens is 415 g/mol. The monoisotopic (exact) mass is 434 g/mol. The number of amides is 1. The van der Waals surface area contributed by atoms with Crippen molar-refractivity contribution < 1.29 is 14.3 Å². The molecule has 2 aliphatic heterocycles. The van der Waals surface area contributed by atoms with Gasteiger partial charge >= 0.3 is 0 Å². The van der Waals surface area contributed by atoms with Crippen LogP contribution in [0.1, 0.15) is 22.4 Å². The van der Waals surface area contributed by atoms with Crippen molar-refractivity contribution in [1.29, 1.82) is 0 Å². The predicted molar refractivity (Wildman–Crippen MR) is 120 cm³/mol. The Morgan fingerprint density at radius 3 is 2.81 bits per heavy atom. The van der Waals surface area contributed by atoms with E-state index in [0.717, 1.165) is 28.0 Å². The summed E-state index contributed by atoms with van der Waals surface area (Å²) >= 11 is 1.35. The first-order chi connectivity index (χ1) is 15.1. The lowest BCUT2D eigenvalue weighted by Gasteiger charge is -2.08. The van der Waals surface area contributed by atoms with Crippen molar-refractivity contribution in [1.82, 2.24) is 10.3 Å². The van der Waals surface area contributed by atoms with Crippen LogP contribution in [0.4, 0.5) is 15.2 Å². The van der Waals surface area contributed by atoms with E-state index >= 15 is 0 Å². The second-order valence-electron chi connectivity index (χ2n) is 7.31. The molecular formula is C23H19FN4O2S. The summed E-state index contributed by atoms with van der Waals surface area (Å²) in [6, 6.07) is 14.0. The third-order valence-electron chi connectivity index (χ3n) is 5.31. The summed E-state index contributed by atoms with van der Waals surface area (Å²) in [4.78, 5) is 22.0. The number of para-hydroxylation sites is 1. The van der Waals surface area contributed by atoms with Crippen molar-refractivity contribution in [2.24, 2.45) is 4.99 Å². The quantitative estimate of drug-likeness (QED) is 0.563. The van der Waals surface area contributed by atoms with E-state index in [1.165, 1.54) is 23.5 Å². The summed E-state index contributed by atoms with van der Waals surface area (Å²) in [5.74, 6) is -0.522. The SMILES string of the molecule is O=C1NCCC(c2sc(NCCc3ccc(F)cc3)nc2O)=C2C1=Nc1ccccc12. The number of aromatic hydroxyl groups is 1. The maximum atomic E-state index is 13.0. The Morgan fingerprint density at radius 2 is 1.97 bits per heavy atom. The number of anilines is 1. The molecule has 0 saturated heterocycles. The number of hydrogen-bond acceptors (Lipinski definition) is 6. The molecule has 2 aliphatic rings. The van der Waals surface area contributed by atoms with Gasteiger partial charge in [0, 0.05) is 24.2 Å². The molecule has 5 rings (SSSR count). The summed E-state index contributed by atoms with van der Waals surface area (Å²) in [6.45, 7) is 1.06. The molecule has 31 heavy (non-hydrogen) atoms. The van der Waals surface area contributed by atoms with Gasteiger partial charge in [0.1, 0.15) is 11.5 Å². The molecule has 6 nitrogen and oxygen atoms in total. The Balaban J connectivity index is 1.44. The van der Waals surface area contributed by atoms with Crippen LogP contribution in [0.2, 0.25) is 0 Å². The molecule has 3 heterocycles. The zero-order chi connectivity index (χ0) is 21.4. The zero-order valence-electron chi connectivity index (χ0n) is 16.5.